The Hall–Kier alpha value is -6.36. The van der Waals surface area contributed by atoms with E-state index < -0.39 is 23.1 Å². The smallest absolute Gasteiger partial charge is 0.308 e. The number of benzene rings is 6. The van der Waals surface area contributed by atoms with Crippen LogP contribution in [-0.2, 0) is 38.4 Å². The molecule has 0 spiro atoms. The van der Waals surface area contributed by atoms with Crippen molar-refractivity contribution >= 4 is 112 Å². The Balaban J connectivity index is 1.30. The Kier molecular flexibility index (Phi) is 19.8. The van der Waals surface area contributed by atoms with Crippen molar-refractivity contribution in [3.8, 4) is 23.0 Å². The number of carbonyl (C=O) groups excluding carboxylic acids is 2. The quantitative estimate of drug-likeness (QED) is 0.0229. The summed E-state index contributed by atoms with van der Waals surface area (Å²) in [7, 11) is 3.04. The SMILES string of the molecule is COc1cc2ncnc(Nc3cc(Br)ccc3CC(CCCCCCl)(OC(CCCCCCl)(Cc3ccc(Br)cc3Nc3ncnc4cc(OC)c(OC(C)=O)cc34)c3ccccc3)c3ccccc3)c2cc1OC(C)=O. The van der Waals surface area contributed by atoms with Crippen LogP contribution in [0, 0.1) is 0 Å². The Labute approximate surface area is 476 Å². The number of hydrogen-bond acceptors (Lipinski definition) is 13. The molecule has 6 aromatic carbocycles. The molecule has 0 saturated carbocycles. The fraction of sp³-hybridized carbons (Fsp3) is 0.300. The third kappa shape index (κ3) is 14.2. The zero-order valence-corrected chi connectivity index (χ0v) is 48.0. The van der Waals surface area contributed by atoms with Gasteiger partial charge in [-0.1, -0.05) is 130 Å². The minimum absolute atomic E-state index is 0.250. The zero-order chi connectivity index (χ0) is 54.4. The highest BCUT2D eigenvalue weighted by atomic mass is 79.9. The average Bonchev–Trinajstić information content (AvgIpc) is 3.47. The van der Waals surface area contributed by atoms with Gasteiger partial charge in [-0.25, -0.2) is 19.9 Å². The summed E-state index contributed by atoms with van der Waals surface area (Å²) >= 11 is 20.3. The lowest BCUT2D eigenvalue weighted by Gasteiger charge is -2.46. The van der Waals surface area contributed by atoms with Gasteiger partial charge in [0.05, 0.1) is 36.5 Å². The highest BCUT2D eigenvalue weighted by Gasteiger charge is 2.45. The van der Waals surface area contributed by atoms with Crippen molar-refractivity contribution < 1.29 is 33.3 Å². The number of hydrogen-bond donors (Lipinski definition) is 2. The Morgan fingerprint density at radius 1 is 0.519 bits per heavy atom. The van der Waals surface area contributed by atoms with E-state index >= 15 is 0 Å². The molecule has 0 radical (unpaired) electrons. The maximum atomic E-state index is 12.2. The predicted octanol–water partition coefficient (Wildman–Crippen LogP) is 15.6. The van der Waals surface area contributed by atoms with E-state index in [1.807, 2.05) is 36.4 Å². The van der Waals surface area contributed by atoms with Gasteiger partial charge in [0, 0.05) is 81.7 Å². The first kappa shape index (κ1) is 56.8. The first-order valence-electron chi connectivity index (χ1n) is 25.4. The first-order valence-corrected chi connectivity index (χ1v) is 28.1. The molecule has 2 atom stereocenters. The molecule has 8 rings (SSSR count). The lowest BCUT2D eigenvalue weighted by molar-refractivity contribution is -0.178. The highest BCUT2D eigenvalue weighted by molar-refractivity contribution is 9.10. The lowest BCUT2D eigenvalue weighted by atomic mass is 9.77. The highest BCUT2D eigenvalue weighted by Crippen LogP contribution is 2.49. The first-order chi connectivity index (χ1) is 37.4. The number of nitrogens with one attached hydrogen (secondary N) is 2. The molecule has 8 aromatic rings. The van der Waals surface area contributed by atoms with Gasteiger partial charge >= 0.3 is 11.9 Å². The largest absolute Gasteiger partial charge is 0.493 e. The molecule has 0 aliphatic heterocycles. The molecule has 400 valence electrons. The van der Waals surface area contributed by atoms with Crippen LogP contribution in [0.4, 0.5) is 23.0 Å². The Morgan fingerprint density at radius 2 is 0.935 bits per heavy atom. The molecular formula is C60H60Br2Cl2N6O7. The van der Waals surface area contributed by atoms with Crippen LogP contribution in [0.2, 0.25) is 0 Å². The third-order valence-electron chi connectivity index (χ3n) is 13.4. The number of carbonyl (C=O) groups is 2. The standard InChI is InChI=1S/C60H60Br2Cl2N6O7/c1-39(71)75-55-31-47-51(33-53(55)73-3)65-37-67-57(47)69-49-29-45(61)23-21-41(49)35-59(25-13-7-15-27-63,43-17-9-5-10-18-43)77-60(26-14-8-16-28-64,44-19-11-6-12-20-44)36-42-22-24-46(62)30-50(42)70-58-48-32-56(76-40(2)72)54(74-4)34-52(48)66-38-68-58/h5-6,9-12,17-24,29-34,37-38H,7-8,13-16,25-28,35-36H2,1-4H3,(H,65,67,69)(H,66,68,70). The van der Waals surface area contributed by atoms with Crippen molar-refractivity contribution in [1.82, 2.24) is 19.9 Å². The van der Waals surface area contributed by atoms with Crippen LogP contribution in [0.5, 0.6) is 23.0 Å². The van der Waals surface area contributed by atoms with Crippen molar-refractivity contribution in [3.63, 3.8) is 0 Å². The summed E-state index contributed by atoms with van der Waals surface area (Å²) in [6.07, 6.45) is 10.3. The summed E-state index contributed by atoms with van der Waals surface area (Å²) in [5.74, 6) is 2.37. The summed E-state index contributed by atoms with van der Waals surface area (Å²) in [5, 5.41) is 8.60. The van der Waals surface area contributed by atoms with Gasteiger partial charge in [-0.05, 0) is 84.3 Å². The fourth-order valence-corrected chi connectivity index (χ4v) is 10.9. The van der Waals surface area contributed by atoms with Crippen LogP contribution in [-0.4, -0.2) is 57.9 Å². The molecule has 17 heteroatoms. The second kappa shape index (κ2) is 26.8. The van der Waals surface area contributed by atoms with Crippen molar-refractivity contribution in [2.75, 3.05) is 36.6 Å². The second-order valence-electron chi connectivity index (χ2n) is 18.7. The number of nitrogens with zero attached hydrogens (tertiary/aromatic N) is 4. The number of rotatable bonds is 26. The number of anilines is 4. The molecule has 77 heavy (non-hydrogen) atoms. The van der Waals surface area contributed by atoms with Crippen LogP contribution in [0.3, 0.4) is 0 Å². The topological polar surface area (TPSA) is 156 Å². The van der Waals surface area contributed by atoms with E-state index in [1.54, 1.807) is 24.3 Å². The number of esters is 2. The van der Waals surface area contributed by atoms with Crippen molar-refractivity contribution in [3.05, 3.63) is 165 Å². The molecule has 2 aromatic heterocycles. The third-order valence-corrected chi connectivity index (χ3v) is 14.9. The van der Waals surface area contributed by atoms with Crippen LogP contribution < -0.4 is 29.6 Å². The van der Waals surface area contributed by atoms with Gasteiger partial charge in [-0.2, -0.15) is 0 Å². The van der Waals surface area contributed by atoms with Crippen molar-refractivity contribution in [2.24, 2.45) is 0 Å². The minimum atomic E-state index is -0.957. The number of halogens is 4. The number of ether oxygens (including phenoxy) is 5. The van der Waals surface area contributed by atoms with Gasteiger partial charge in [0.2, 0.25) is 0 Å². The van der Waals surface area contributed by atoms with Crippen molar-refractivity contribution in [1.29, 1.82) is 0 Å². The molecule has 13 nitrogen and oxygen atoms in total. The molecular weight excluding hydrogens is 1150 g/mol. The van der Waals surface area contributed by atoms with Gasteiger partial charge < -0.3 is 34.3 Å². The molecule has 2 heterocycles. The molecule has 0 amide bonds. The normalized spacial score (nSPS) is 12.9. The number of fused-ring (bicyclic) bond motifs is 2. The van der Waals surface area contributed by atoms with E-state index in [0.29, 0.717) is 82.4 Å². The molecule has 0 saturated heterocycles. The predicted molar refractivity (Wildman–Crippen MR) is 313 cm³/mol. The van der Waals surface area contributed by atoms with E-state index in [4.69, 9.17) is 56.9 Å². The second-order valence-corrected chi connectivity index (χ2v) is 21.3. The summed E-state index contributed by atoms with van der Waals surface area (Å²) < 4.78 is 32.5. The average molecular weight is 1210 g/mol. The van der Waals surface area contributed by atoms with E-state index in [2.05, 4.69) is 113 Å². The molecule has 0 bridgehead atoms. The van der Waals surface area contributed by atoms with E-state index in [0.717, 1.165) is 81.1 Å². The molecule has 2 unspecified atom stereocenters. The number of aromatic nitrogens is 4. The number of alkyl halides is 2. The molecule has 2 N–H and O–H groups in total. The monoisotopic (exact) mass is 1200 g/mol. The summed E-state index contributed by atoms with van der Waals surface area (Å²) in [6.45, 7) is 2.69. The Bertz CT molecular complexity index is 3110. The van der Waals surface area contributed by atoms with Crippen LogP contribution >= 0.6 is 55.1 Å². The van der Waals surface area contributed by atoms with Crippen molar-refractivity contribution in [2.45, 2.75) is 89.3 Å². The molecule has 0 fully saturated rings. The van der Waals surface area contributed by atoms with Gasteiger partial charge in [-0.3, -0.25) is 9.59 Å². The summed E-state index contributed by atoms with van der Waals surface area (Å²) in [6, 6.07) is 40.4. The van der Waals surface area contributed by atoms with Gasteiger partial charge in [0.25, 0.3) is 0 Å². The van der Waals surface area contributed by atoms with E-state index in [1.165, 1.54) is 40.7 Å². The van der Waals surface area contributed by atoms with Gasteiger partial charge in [0.15, 0.2) is 23.0 Å². The zero-order valence-electron chi connectivity index (χ0n) is 43.3. The number of methoxy groups -OCH3 is 2. The molecule has 0 aliphatic rings. The summed E-state index contributed by atoms with van der Waals surface area (Å²) in [4.78, 5) is 43.1. The van der Waals surface area contributed by atoms with E-state index in [9.17, 15) is 9.59 Å². The van der Waals surface area contributed by atoms with E-state index in [-0.39, 0.29) is 11.5 Å². The van der Waals surface area contributed by atoms with Crippen LogP contribution in [0.25, 0.3) is 21.8 Å². The van der Waals surface area contributed by atoms with Crippen LogP contribution in [0.1, 0.15) is 87.5 Å². The Morgan fingerprint density at radius 3 is 1.31 bits per heavy atom. The lowest BCUT2D eigenvalue weighted by Crippen LogP contribution is -2.44. The maximum absolute atomic E-state index is 12.2. The minimum Gasteiger partial charge on any atom is -0.493 e. The number of unbranched alkanes of at least 4 members (excludes halogenated alkanes) is 4. The van der Waals surface area contributed by atoms with Gasteiger partial charge in [0.1, 0.15) is 24.3 Å². The summed E-state index contributed by atoms with van der Waals surface area (Å²) in [5.41, 5.74) is 4.81. The van der Waals surface area contributed by atoms with Gasteiger partial charge in [-0.15, -0.1) is 23.2 Å². The maximum Gasteiger partial charge on any atom is 0.308 e. The molecule has 0 aliphatic carbocycles. The fourth-order valence-electron chi connectivity index (χ4n) is 9.81. The van der Waals surface area contributed by atoms with Crippen LogP contribution in [0.15, 0.2) is 143 Å².